The Morgan fingerprint density at radius 2 is 2.06 bits per heavy atom. The van der Waals surface area contributed by atoms with Crippen molar-refractivity contribution in [1.82, 2.24) is 4.31 Å². The third kappa shape index (κ3) is 2.33. The minimum atomic E-state index is -3.32. The molecule has 1 aliphatic heterocycles. The number of hydrogen-bond donors (Lipinski definition) is 1. The summed E-state index contributed by atoms with van der Waals surface area (Å²) in [6, 6.07) is 1.89. The molecule has 0 atom stereocenters. The maximum atomic E-state index is 12.2. The zero-order chi connectivity index (χ0) is 11.8. The van der Waals surface area contributed by atoms with Crippen LogP contribution in [0.1, 0.15) is 12.8 Å². The SMILES string of the molecule is NC1CCN(S(=O)(=O)c2sccc2Br)CC1. The Kier molecular flexibility index (Phi) is 3.70. The average molecular weight is 325 g/mol. The van der Waals surface area contributed by atoms with Crippen LogP contribution in [-0.2, 0) is 10.0 Å². The van der Waals surface area contributed by atoms with Crippen LogP contribution < -0.4 is 5.73 Å². The minimum absolute atomic E-state index is 0.137. The second kappa shape index (κ2) is 4.73. The molecule has 0 spiro atoms. The molecule has 0 saturated carbocycles. The molecule has 7 heteroatoms. The molecule has 4 nitrogen and oxygen atoms in total. The van der Waals surface area contributed by atoms with Crippen molar-refractivity contribution in [2.75, 3.05) is 13.1 Å². The molecule has 0 bridgehead atoms. The Balaban J connectivity index is 2.23. The van der Waals surface area contributed by atoms with E-state index in [0.717, 1.165) is 12.8 Å². The standard InChI is InChI=1S/C9H13BrN2O2S2/c10-8-3-6-15-9(8)16(13,14)12-4-1-7(11)2-5-12/h3,6-7H,1-2,4-5,11H2. The van der Waals surface area contributed by atoms with E-state index < -0.39 is 10.0 Å². The molecule has 0 aromatic carbocycles. The van der Waals surface area contributed by atoms with Crippen molar-refractivity contribution in [1.29, 1.82) is 0 Å². The Hall–Kier alpha value is 0.0500. The molecule has 1 aromatic rings. The van der Waals surface area contributed by atoms with Gasteiger partial charge in [-0.1, -0.05) is 0 Å². The summed E-state index contributed by atoms with van der Waals surface area (Å²) >= 11 is 4.50. The number of halogens is 1. The Morgan fingerprint density at radius 1 is 1.44 bits per heavy atom. The lowest BCUT2D eigenvalue weighted by Gasteiger charge is -2.28. The van der Waals surface area contributed by atoms with Gasteiger partial charge in [0.25, 0.3) is 10.0 Å². The van der Waals surface area contributed by atoms with Gasteiger partial charge in [-0.3, -0.25) is 0 Å². The predicted molar refractivity (Wildman–Crippen MR) is 68.0 cm³/mol. The Labute approximate surface area is 108 Å². The molecule has 16 heavy (non-hydrogen) atoms. The fourth-order valence-corrected chi connectivity index (χ4v) is 5.62. The zero-order valence-electron chi connectivity index (χ0n) is 8.60. The smallest absolute Gasteiger partial charge is 0.253 e. The van der Waals surface area contributed by atoms with E-state index in [1.807, 2.05) is 0 Å². The Morgan fingerprint density at radius 3 is 2.56 bits per heavy atom. The summed E-state index contributed by atoms with van der Waals surface area (Å²) in [5.74, 6) is 0. The molecule has 90 valence electrons. The lowest BCUT2D eigenvalue weighted by Crippen LogP contribution is -2.42. The van der Waals surface area contributed by atoms with Gasteiger partial charge in [-0.25, -0.2) is 8.42 Å². The molecule has 1 aliphatic rings. The van der Waals surface area contributed by atoms with E-state index in [4.69, 9.17) is 5.73 Å². The lowest BCUT2D eigenvalue weighted by molar-refractivity contribution is 0.320. The first-order valence-corrected chi connectivity index (χ1v) is 8.12. The first kappa shape index (κ1) is 12.5. The van der Waals surface area contributed by atoms with Crippen molar-refractivity contribution in [2.24, 2.45) is 5.73 Å². The van der Waals surface area contributed by atoms with Crippen LogP contribution in [0.2, 0.25) is 0 Å². The molecule has 0 radical (unpaired) electrons. The Bertz CT molecular complexity index is 464. The van der Waals surface area contributed by atoms with Crippen LogP contribution in [0.3, 0.4) is 0 Å². The lowest BCUT2D eigenvalue weighted by atomic mass is 10.1. The van der Waals surface area contributed by atoms with Crippen LogP contribution in [0.4, 0.5) is 0 Å². The van der Waals surface area contributed by atoms with Crippen LogP contribution in [0, 0.1) is 0 Å². The van der Waals surface area contributed by atoms with E-state index in [-0.39, 0.29) is 6.04 Å². The van der Waals surface area contributed by atoms with Crippen LogP contribution in [0.25, 0.3) is 0 Å². The van der Waals surface area contributed by atoms with Crippen LogP contribution in [-0.4, -0.2) is 31.9 Å². The van der Waals surface area contributed by atoms with Crippen LogP contribution >= 0.6 is 27.3 Å². The summed E-state index contributed by atoms with van der Waals surface area (Å²) in [6.45, 7) is 1.04. The summed E-state index contributed by atoms with van der Waals surface area (Å²) in [5.41, 5.74) is 5.76. The largest absolute Gasteiger partial charge is 0.328 e. The van der Waals surface area contributed by atoms with Crippen molar-refractivity contribution < 1.29 is 8.42 Å². The van der Waals surface area contributed by atoms with E-state index in [1.54, 1.807) is 11.4 Å². The molecular formula is C9H13BrN2O2S2. The summed E-state index contributed by atoms with van der Waals surface area (Å²) < 4.78 is 27.0. The van der Waals surface area contributed by atoms with Gasteiger partial charge in [0.05, 0.1) is 0 Å². The summed E-state index contributed by atoms with van der Waals surface area (Å²) in [5, 5.41) is 1.77. The molecule has 2 rings (SSSR count). The molecule has 1 saturated heterocycles. The number of nitrogens with zero attached hydrogens (tertiary/aromatic N) is 1. The van der Waals surface area contributed by atoms with Crippen molar-refractivity contribution in [3.63, 3.8) is 0 Å². The van der Waals surface area contributed by atoms with Crippen molar-refractivity contribution in [3.8, 4) is 0 Å². The maximum Gasteiger partial charge on any atom is 0.253 e. The second-order valence-corrected chi connectivity index (χ2v) is 7.70. The number of thiophene rings is 1. The molecule has 2 N–H and O–H groups in total. The molecule has 0 amide bonds. The fraction of sp³-hybridized carbons (Fsp3) is 0.556. The van der Waals surface area contributed by atoms with Gasteiger partial charge in [0.15, 0.2) is 0 Å². The van der Waals surface area contributed by atoms with Gasteiger partial charge in [0.1, 0.15) is 4.21 Å². The highest BCUT2D eigenvalue weighted by Crippen LogP contribution is 2.31. The van der Waals surface area contributed by atoms with Crippen molar-refractivity contribution >= 4 is 37.3 Å². The van der Waals surface area contributed by atoms with E-state index in [2.05, 4.69) is 15.9 Å². The first-order chi connectivity index (χ1) is 7.51. The first-order valence-electron chi connectivity index (χ1n) is 5.00. The van der Waals surface area contributed by atoms with Gasteiger partial charge < -0.3 is 5.73 Å². The number of rotatable bonds is 2. The normalized spacial score (nSPS) is 20.1. The highest BCUT2D eigenvalue weighted by atomic mass is 79.9. The van der Waals surface area contributed by atoms with Gasteiger partial charge in [-0.05, 0) is 40.2 Å². The summed E-state index contributed by atoms with van der Waals surface area (Å²) in [7, 11) is -3.32. The minimum Gasteiger partial charge on any atom is -0.328 e. The molecule has 0 unspecified atom stereocenters. The highest BCUT2D eigenvalue weighted by molar-refractivity contribution is 9.10. The highest BCUT2D eigenvalue weighted by Gasteiger charge is 2.30. The van der Waals surface area contributed by atoms with E-state index >= 15 is 0 Å². The zero-order valence-corrected chi connectivity index (χ0v) is 11.8. The average Bonchev–Trinajstić information content (AvgIpc) is 2.66. The number of nitrogens with two attached hydrogens (primary N) is 1. The van der Waals surface area contributed by atoms with Gasteiger partial charge >= 0.3 is 0 Å². The third-order valence-corrected chi connectivity index (χ3v) is 7.20. The molecule has 0 aliphatic carbocycles. The topological polar surface area (TPSA) is 63.4 Å². The molecular weight excluding hydrogens is 312 g/mol. The van der Waals surface area contributed by atoms with Gasteiger partial charge in [-0.15, -0.1) is 11.3 Å². The molecule has 1 fully saturated rings. The summed E-state index contributed by atoms with van der Waals surface area (Å²) in [6.07, 6.45) is 1.48. The summed E-state index contributed by atoms with van der Waals surface area (Å²) in [4.78, 5) is 0. The number of piperidine rings is 1. The van der Waals surface area contributed by atoms with Crippen LogP contribution in [0.15, 0.2) is 20.1 Å². The van der Waals surface area contributed by atoms with Gasteiger partial charge in [0, 0.05) is 23.6 Å². The van der Waals surface area contributed by atoms with Gasteiger partial charge in [-0.2, -0.15) is 4.31 Å². The predicted octanol–water partition coefficient (Wildman–Crippen LogP) is 1.62. The van der Waals surface area contributed by atoms with E-state index in [0.29, 0.717) is 21.8 Å². The quantitative estimate of drug-likeness (QED) is 0.899. The van der Waals surface area contributed by atoms with Crippen molar-refractivity contribution in [3.05, 3.63) is 15.9 Å². The van der Waals surface area contributed by atoms with Crippen LogP contribution in [0.5, 0.6) is 0 Å². The molecule has 2 heterocycles. The van der Waals surface area contributed by atoms with Gasteiger partial charge in [0.2, 0.25) is 0 Å². The molecule has 1 aromatic heterocycles. The number of hydrogen-bond acceptors (Lipinski definition) is 4. The third-order valence-electron chi connectivity index (χ3n) is 2.66. The second-order valence-electron chi connectivity index (χ2n) is 3.80. The maximum absolute atomic E-state index is 12.2. The van der Waals surface area contributed by atoms with Crippen molar-refractivity contribution in [2.45, 2.75) is 23.1 Å². The van der Waals surface area contributed by atoms with E-state index in [1.165, 1.54) is 15.6 Å². The monoisotopic (exact) mass is 324 g/mol. The van der Waals surface area contributed by atoms with E-state index in [9.17, 15) is 8.42 Å². The number of sulfonamides is 1. The fourth-order valence-electron chi connectivity index (χ4n) is 1.70.